The summed E-state index contributed by atoms with van der Waals surface area (Å²) in [5, 5.41) is 13.9. The Morgan fingerprint density at radius 3 is 2.82 bits per heavy atom. The molecular formula is C12H18N2O2S. The predicted molar refractivity (Wildman–Crippen MR) is 73.9 cm³/mol. The number of anilines is 1. The van der Waals surface area contributed by atoms with Gasteiger partial charge in [-0.1, -0.05) is 6.92 Å². The van der Waals surface area contributed by atoms with Crippen molar-refractivity contribution in [2.75, 3.05) is 23.4 Å². The van der Waals surface area contributed by atoms with Gasteiger partial charge in [-0.2, -0.15) is 11.8 Å². The molecule has 1 aromatic carbocycles. The minimum Gasteiger partial charge on any atom is -0.385 e. The Hall–Kier alpha value is -1.23. The highest BCUT2D eigenvalue weighted by Gasteiger charge is 2.09. The zero-order chi connectivity index (χ0) is 12.7. The minimum absolute atomic E-state index is 0.178. The van der Waals surface area contributed by atoms with E-state index in [-0.39, 0.29) is 10.6 Å². The maximum absolute atomic E-state index is 10.6. The van der Waals surface area contributed by atoms with Crippen molar-refractivity contribution in [3.8, 4) is 0 Å². The summed E-state index contributed by atoms with van der Waals surface area (Å²) in [4.78, 5) is 10.3. The Morgan fingerprint density at radius 2 is 2.24 bits per heavy atom. The van der Waals surface area contributed by atoms with Gasteiger partial charge in [0.15, 0.2) is 0 Å². The lowest BCUT2D eigenvalue weighted by atomic mass is 10.2. The van der Waals surface area contributed by atoms with Gasteiger partial charge in [0.25, 0.3) is 5.69 Å². The lowest BCUT2D eigenvalue weighted by molar-refractivity contribution is -0.385. The zero-order valence-corrected chi connectivity index (χ0v) is 11.0. The van der Waals surface area contributed by atoms with Crippen LogP contribution in [-0.2, 0) is 0 Å². The molecule has 1 aromatic rings. The average Bonchev–Trinajstić information content (AvgIpc) is 2.28. The van der Waals surface area contributed by atoms with E-state index in [4.69, 9.17) is 0 Å². The number of nitro benzene ring substituents is 1. The maximum atomic E-state index is 10.6. The number of benzene rings is 1. The standard InChI is InChI=1S/C12H18N2O2S/c1-3-17-8-4-7-13-11-5-6-12(14(15)16)10(2)9-11/h5-6,9,13H,3-4,7-8H2,1-2H3. The van der Waals surface area contributed by atoms with Crippen molar-refractivity contribution in [3.05, 3.63) is 33.9 Å². The van der Waals surface area contributed by atoms with Gasteiger partial charge in [0.1, 0.15) is 0 Å². The van der Waals surface area contributed by atoms with Gasteiger partial charge < -0.3 is 5.32 Å². The van der Waals surface area contributed by atoms with Crippen molar-refractivity contribution in [1.82, 2.24) is 0 Å². The molecule has 0 saturated heterocycles. The van der Waals surface area contributed by atoms with Crippen molar-refractivity contribution in [1.29, 1.82) is 0 Å². The third-order valence-electron chi connectivity index (χ3n) is 2.39. The van der Waals surface area contributed by atoms with Crippen LogP contribution in [-0.4, -0.2) is 23.0 Å². The first-order valence-corrected chi connectivity index (χ1v) is 6.87. The van der Waals surface area contributed by atoms with Gasteiger partial charge in [0.05, 0.1) is 4.92 Å². The molecular weight excluding hydrogens is 236 g/mol. The number of thioether (sulfide) groups is 1. The molecule has 0 aliphatic rings. The van der Waals surface area contributed by atoms with E-state index in [9.17, 15) is 10.1 Å². The van der Waals surface area contributed by atoms with Crippen molar-refractivity contribution in [3.63, 3.8) is 0 Å². The van der Waals surface area contributed by atoms with Crippen molar-refractivity contribution >= 4 is 23.1 Å². The smallest absolute Gasteiger partial charge is 0.272 e. The Bertz CT molecular complexity index is 383. The van der Waals surface area contributed by atoms with E-state index in [0.29, 0.717) is 5.56 Å². The number of rotatable bonds is 7. The Labute approximate surface area is 106 Å². The maximum Gasteiger partial charge on any atom is 0.272 e. The predicted octanol–water partition coefficient (Wildman–Crippen LogP) is 3.46. The molecule has 0 atom stereocenters. The van der Waals surface area contributed by atoms with Crippen LogP contribution in [0.25, 0.3) is 0 Å². The zero-order valence-electron chi connectivity index (χ0n) is 10.2. The van der Waals surface area contributed by atoms with E-state index in [0.717, 1.165) is 30.2 Å². The second-order valence-corrected chi connectivity index (χ2v) is 5.13. The van der Waals surface area contributed by atoms with Crippen LogP contribution in [0, 0.1) is 17.0 Å². The topological polar surface area (TPSA) is 55.2 Å². The number of nitrogens with zero attached hydrogens (tertiary/aromatic N) is 1. The second kappa shape index (κ2) is 7.17. The van der Waals surface area contributed by atoms with Gasteiger partial charge in [0, 0.05) is 23.9 Å². The highest BCUT2D eigenvalue weighted by molar-refractivity contribution is 7.99. The molecule has 0 unspecified atom stereocenters. The van der Waals surface area contributed by atoms with Gasteiger partial charge >= 0.3 is 0 Å². The molecule has 4 nitrogen and oxygen atoms in total. The van der Waals surface area contributed by atoms with E-state index in [1.54, 1.807) is 19.1 Å². The van der Waals surface area contributed by atoms with E-state index in [1.165, 1.54) is 0 Å². The minimum atomic E-state index is -0.350. The summed E-state index contributed by atoms with van der Waals surface area (Å²) in [6, 6.07) is 5.14. The number of hydrogen-bond donors (Lipinski definition) is 1. The van der Waals surface area contributed by atoms with Gasteiger partial charge in [-0.05, 0) is 37.0 Å². The van der Waals surface area contributed by atoms with E-state index < -0.39 is 0 Å². The molecule has 0 aliphatic heterocycles. The lowest BCUT2D eigenvalue weighted by Crippen LogP contribution is -2.03. The molecule has 0 amide bonds. The van der Waals surface area contributed by atoms with Crippen LogP contribution >= 0.6 is 11.8 Å². The first-order chi connectivity index (χ1) is 8.15. The van der Waals surface area contributed by atoms with Crippen molar-refractivity contribution < 1.29 is 4.92 Å². The number of aryl methyl sites for hydroxylation is 1. The molecule has 0 heterocycles. The van der Waals surface area contributed by atoms with Crippen LogP contribution in [0.2, 0.25) is 0 Å². The first-order valence-electron chi connectivity index (χ1n) is 5.71. The fourth-order valence-corrected chi connectivity index (χ4v) is 2.16. The van der Waals surface area contributed by atoms with Gasteiger partial charge in [0.2, 0.25) is 0 Å². The Morgan fingerprint density at radius 1 is 1.47 bits per heavy atom. The summed E-state index contributed by atoms with van der Waals surface area (Å²) in [6.07, 6.45) is 1.11. The monoisotopic (exact) mass is 254 g/mol. The van der Waals surface area contributed by atoms with Crippen LogP contribution in [0.5, 0.6) is 0 Å². The van der Waals surface area contributed by atoms with Crippen LogP contribution < -0.4 is 5.32 Å². The lowest BCUT2D eigenvalue weighted by Gasteiger charge is -2.07. The highest BCUT2D eigenvalue weighted by atomic mass is 32.2. The molecule has 1 N–H and O–H groups in total. The third kappa shape index (κ3) is 4.65. The van der Waals surface area contributed by atoms with Crippen molar-refractivity contribution in [2.45, 2.75) is 20.3 Å². The molecule has 0 fully saturated rings. The summed E-state index contributed by atoms with van der Waals surface area (Å²) < 4.78 is 0. The molecule has 1 rings (SSSR count). The number of nitro groups is 1. The van der Waals surface area contributed by atoms with E-state index >= 15 is 0 Å². The van der Waals surface area contributed by atoms with Crippen LogP contribution in [0.4, 0.5) is 11.4 Å². The molecule has 0 radical (unpaired) electrons. The van der Waals surface area contributed by atoms with Crippen LogP contribution in [0.15, 0.2) is 18.2 Å². The first kappa shape index (κ1) is 13.8. The summed E-state index contributed by atoms with van der Waals surface area (Å²) >= 11 is 1.92. The van der Waals surface area contributed by atoms with Crippen molar-refractivity contribution in [2.24, 2.45) is 0 Å². The molecule has 0 saturated carbocycles. The molecule has 94 valence electrons. The molecule has 5 heteroatoms. The fourth-order valence-electron chi connectivity index (χ4n) is 1.52. The summed E-state index contributed by atoms with van der Waals surface area (Å²) in [7, 11) is 0. The number of nitrogens with one attached hydrogen (secondary N) is 1. The molecule has 0 aliphatic carbocycles. The van der Waals surface area contributed by atoms with E-state index in [2.05, 4.69) is 12.2 Å². The summed E-state index contributed by atoms with van der Waals surface area (Å²) in [5.41, 5.74) is 1.83. The summed E-state index contributed by atoms with van der Waals surface area (Å²) in [5.74, 6) is 2.30. The van der Waals surface area contributed by atoms with Gasteiger partial charge in [-0.25, -0.2) is 0 Å². The summed E-state index contributed by atoms with van der Waals surface area (Å²) in [6.45, 7) is 4.82. The molecule has 0 aromatic heterocycles. The Balaban J connectivity index is 2.45. The normalized spacial score (nSPS) is 10.2. The average molecular weight is 254 g/mol. The van der Waals surface area contributed by atoms with Crippen LogP contribution in [0.3, 0.4) is 0 Å². The Kier molecular flexibility index (Phi) is 5.83. The third-order valence-corrected chi connectivity index (χ3v) is 3.38. The van der Waals surface area contributed by atoms with E-state index in [1.807, 2.05) is 17.8 Å². The number of hydrogen-bond acceptors (Lipinski definition) is 4. The quantitative estimate of drug-likeness (QED) is 0.460. The van der Waals surface area contributed by atoms with Crippen LogP contribution in [0.1, 0.15) is 18.9 Å². The fraction of sp³-hybridized carbons (Fsp3) is 0.500. The van der Waals surface area contributed by atoms with Gasteiger partial charge in [-0.3, -0.25) is 10.1 Å². The van der Waals surface area contributed by atoms with Gasteiger partial charge in [-0.15, -0.1) is 0 Å². The SMILES string of the molecule is CCSCCCNc1ccc([N+](=O)[O-])c(C)c1. The largest absolute Gasteiger partial charge is 0.385 e. The highest BCUT2D eigenvalue weighted by Crippen LogP contribution is 2.21. The second-order valence-electron chi connectivity index (χ2n) is 3.74. The molecule has 0 spiro atoms. The molecule has 0 bridgehead atoms. The molecule has 17 heavy (non-hydrogen) atoms.